The number of piperidine rings is 1. The normalized spacial score (nSPS) is 19.5. The van der Waals surface area contributed by atoms with Crippen LogP contribution >= 0.6 is 0 Å². The van der Waals surface area contributed by atoms with Gasteiger partial charge >= 0.3 is 0 Å². The second-order valence-electron chi connectivity index (χ2n) is 6.52. The van der Waals surface area contributed by atoms with Gasteiger partial charge in [0.05, 0.1) is 4.90 Å². The summed E-state index contributed by atoms with van der Waals surface area (Å²) in [5, 5.41) is 0. The third-order valence-corrected chi connectivity index (χ3v) is 6.35. The van der Waals surface area contributed by atoms with E-state index in [-0.39, 0.29) is 0 Å². The molecule has 0 aliphatic carbocycles. The highest BCUT2D eigenvalue weighted by Gasteiger charge is 2.31. The Morgan fingerprint density at radius 3 is 2.18 bits per heavy atom. The second-order valence-corrected chi connectivity index (χ2v) is 8.41. The van der Waals surface area contributed by atoms with Gasteiger partial charge < -0.3 is 4.90 Å². The zero-order chi connectivity index (χ0) is 16.4. The lowest BCUT2D eigenvalue weighted by Crippen LogP contribution is -2.50. The molecule has 0 atom stereocenters. The molecule has 6 heteroatoms. The first-order valence-electron chi connectivity index (χ1n) is 7.69. The summed E-state index contributed by atoms with van der Waals surface area (Å²) in [6.07, 6.45) is 2.32. The van der Waals surface area contributed by atoms with Crippen LogP contribution in [0.3, 0.4) is 0 Å². The van der Waals surface area contributed by atoms with E-state index in [0.717, 1.165) is 38.0 Å². The number of sulfonamides is 1. The molecule has 1 aromatic carbocycles. The number of hydrogen-bond acceptors (Lipinski definition) is 4. The molecule has 0 amide bonds. The van der Waals surface area contributed by atoms with E-state index >= 15 is 0 Å². The molecule has 1 saturated heterocycles. The smallest absolute Gasteiger partial charge is 0.240 e. The first-order chi connectivity index (χ1) is 10.3. The minimum Gasteiger partial charge on any atom is -0.304 e. The molecule has 1 aliphatic heterocycles. The van der Waals surface area contributed by atoms with E-state index in [1.807, 2.05) is 12.1 Å². The number of hydrogen-bond donors (Lipinski definition) is 1. The fraction of sp³-hybridized carbons (Fsp3) is 0.625. The van der Waals surface area contributed by atoms with Gasteiger partial charge in [0.15, 0.2) is 0 Å². The Hall–Kier alpha value is -0.950. The predicted octanol–water partition coefficient (Wildman–Crippen LogP) is 1.51. The van der Waals surface area contributed by atoms with Gasteiger partial charge in [-0.05, 0) is 58.6 Å². The fourth-order valence-corrected chi connectivity index (χ4v) is 3.52. The average Bonchev–Trinajstić information content (AvgIpc) is 2.50. The lowest BCUT2D eigenvalue weighted by atomic mass is 9.88. The summed E-state index contributed by atoms with van der Waals surface area (Å²) in [7, 11) is 2.39. The summed E-state index contributed by atoms with van der Waals surface area (Å²) in [6.45, 7) is 5.35. The topological polar surface area (TPSA) is 52.7 Å². The second kappa shape index (κ2) is 6.66. The van der Waals surface area contributed by atoms with E-state index in [0.29, 0.717) is 10.4 Å². The summed E-state index contributed by atoms with van der Waals surface area (Å²) < 4.78 is 25.8. The van der Waals surface area contributed by atoms with Crippen LogP contribution in [-0.4, -0.2) is 58.0 Å². The Morgan fingerprint density at radius 1 is 1.18 bits per heavy atom. The largest absolute Gasteiger partial charge is 0.304 e. The summed E-state index contributed by atoms with van der Waals surface area (Å²) in [4.78, 5) is 5.08. The van der Waals surface area contributed by atoms with Crippen molar-refractivity contribution in [2.24, 2.45) is 0 Å². The quantitative estimate of drug-likeness (QED) is 0.892. The molecule has 1 heterocycles. The molecule has 0 unspecified atom stereocenters. The molecule has 0 spiro atoms. The van der Waals surface area contributed by atoms with Crippen molar-refractivity contribution in [1.82, 2.24) is 14.5 Å². The van der Waals surface area contributed by atoms with E-state index in [4.69, 9.17) is 0 Å². The number of likely N-dealkylation sites (tertiary alicyclic amines) is 1. The van der Waals surface area contributed by atoms with Gasteiger partial charge in [-0.3, -0.25) is 4.90 Å². The van der Waals surface area contributed by atoms with Gasteiger partial charge in [-0.2, -0.15) is 0 Å². The number of nitrogens with zero attached hydrogens (tertiary/aromatic N) is 2. The molecule has 0 radical (unpaired) electrons. The number of rotatable bonds is 5. The minimum atomic E-state index is -3.34. The molecule has 0 bridgehead atoms. The first-order valence-corrected chi connectivity index (χ1v) is 9.17. The molecule has 0 saturated carbocycles. The van der Waals surface area contributed by atoms with Crippen molar-refractivity contribution < 1.29 is 8.42 Å². The van der Waals surface area contributed by atoms with E-state index in [2.05, 4.69) is 35.5 Å². The highest BCUT2D eigenvalue weighted by molar-refractivity contribution is 7.89. The zero-order valence-electron chi connectivity index (χ0n) is 14.0. The number of nitrogens with one attached hydrogen (secondary N) is 1. The van der Waals surface area contributed by atoms with Gasteiger partial charge in [0.2, 0.25) is 10.0 Å². The molecule has 1 N–H and O–H groups in total. The van der Waals surface area contributed by atoms with Crippen molar-refractivity contribution >= 4 is 10.0 Å². The molecule has 1 aromatic rings. The highest BCUT2D eigenvalue weighted by Crippen LogP contribution is 2.27. The fourth-order valence-electron chi connectivity index (χ4n) is 2.79. The van der Waals surface area contributed by atoms with Crippen molar-refractivity contribution in [2.75, 3.05) is 34.2 Å². The zero-order valence-corrected chi connectivity index (χ0v) is 14.8. The van der Waals surface area contributed by atoms with E-state index in [1.165, 1.54) is 7.05 Å². The van der Waals surface area contributed by atoms with E-state index < -0.39 is 10.0 Å². The van der Waals surface area contributed by atoms with Crippen LogP contribution in [0.5, 0.6) is 0 Å². The number of benzene rings is 1. The maximum Gasteiger partial charge on any atom is 0.240 e. The van der Waals surface area contributed by atoms with Gasteiger partial charge in [-0.1, -0.05) is 12.1 Å². The van der Waals surface area contributed by atoms with Crippen molar-refractivity contribution in [3.05, 3.63) is 29.8 Å². The Morgan fingerprint density at radius 2 is 1.73 bits per heavy atom. The Kier molecular flexibility index (Phi) is 5.27. The van der Waals surface area contributed by atoms with Gasteiger partial charge in [0.25, 0.3) is 0 Å². The average molecular weight is 325 g/mol. The standard InChI is InChI=1S/C16H27N3O2S/c1-16(18(3)4)9-11-19(12-10-16)13-14-5-7-15(8-6-14)22(20,21)17-2/h5-8,17H,9-13H2,1-4H3. The summed E-state index contributed by atoms with van der Waals surface area (Å²) in [5.41, 5.74) is 1.45. The lowest BCUT2D eigenvalue weighted by Gasteiger charge is -2.43. The first kappa shape index (κ1) is 17.4. The molecule has 1 fully saturated rings. The maximum atomic E-state index is 11.7. The van der Waals surface area contributed by atoms with Gasteiger partial charge in [0.1, 0.15) is 0 Å². The summed E-state index contributed by atoms with van der Waals surface area (Å²) >= 11 is 0. The van der Waals surface area contributed by atoms with Crippen molar-refractivity contribution in [3.8, 4) is 0 Å². The molecule has 0 aromatic heterocycles. The maximum absolute atomic E-state index is 11.7. The SMILES string of the molecule is CNS(=O)(=O)c1ccc(CN2CCC(C)(N(C)C)CC2)cc1. The summed E-state index contributed by atoms with van der Waals surface area (Å²) in [5.74, 6) is 0. The van der Waals surface area contributed by atoms with Crippen LogP contribution in [0.1, 0.15) is 25.3 Å². The molecule has 1 aliphatic rings. The predicted molar refractivity (Wildman–Crippen MR) is 89.3 cm³/mol. The van der Waals surface area contributed by atoms with Crippen molar-refractivity contribution in [2.45, 2.75) is 36.7 Å². The molecule has 2 rings (SSSR count). The lowest BCUT2D eigenvalue weighted by molar-refractivity contribution is 0.0676. The molecule has 5 nitrogen and oxygen atoms in total. The van der Waals surface area contributed by atoms with Gasteiger partial charge in [0, 0.05) is 25.2 Å². The van der Waals surface area contributed by atoms with Crippen LogP contribution in [0.25, 0.3) is 0 Å². The molecular formula is C16H27N3O2S. The molecular weight excluding hydrogens is 298 g/mol. The third kappa shape index (κ3) is 3.87. The minimum absolute atomic E-state index is 0.293. The Bertz CT molecular complexity index is 588. The third-order valence-electron chi connectivity index (χ3n) is 4.92. The molecule has 22 heavy (non-hydrogen) atoms. The summed E-state index contributed by atoms with van der Waals surface area (Å²) in [6, 6.07) is 7.16. The monoisotopic (exact) mass is 325 g/mol. The van der Waals surface area contributed by atoms with Crippen LogP contribution in [0, 0.1) is 0 Å². The van der Waals surface area contributed by atoms with Crippen molar-refractivity contribution in [3.63, 3.8) is 0 Å². The highest BCUT2D eigenvalue weighted by atomic mass is 32.2. The molecule has 124 valence electrons. The van der Waals surface area contributed by atoms with Gasteiger partial charge in [-0.25, -0.2) is 13.1 Å². The van der Waals surface area contributed by atoms with E-state index in [1.54, 1.807) is 12.1 Å². The van der Waals surface area contributed by atoms with Crippen LogP contribution in [0.4, 0.5) is 0 Å². The van der Waals surface area contributed by atoms with Crippen LogP contribution in [0.2, 0.25) is 0 Å². The van der Waals surface area contributed by atoms with Crippen LogP contribution in [0.15, 0.2) is 29.2 Å². The van der Waals surface area contributed by atoms with Gasteiger partial charge in [-0.15, -0.1) is 0 Å². The van der Waals surface area contributed by atoms with Crippen LogP contribution < -0.4 is 4.72 Å². The Labute approximate surface area is 134 Å². The van der Waals surface area contributed by atoms with E-state index in [9.17, 15) is 8.42 Å². The Balaban J connectivity index is 1.96. The van der Waals surface area contributed by atoms with Crippen molar-refractivity contribution in [1.29, 1.82) is 0 Å². The van der Waals surface area contributed by atoms with Crippen LogP contribution in [-0.2, 0) is 16.6 Å².